The third-order valence-corrected chi connectivity index (χ3v) is 4.49. The molecule has 1 aliphatic heterocycles. The molecule has 0 fully saturated rings. The average molecular weight is 366 g/mol. The summed E-state index contributed by atoms with van der Waals surface area (Å²) in [5, 5.41) is 6.88. The van der Waals surface area contributed by atoms with E-state index in [1.54, 1.807) is 18.2 Å². The summed E-state index contributed by atoms with van der Waals surface area (Å²) >= 11 is 9.36. The zero-order valence-electron chi connectivity index (χ0n) is 11.2. The first kappa shape index (κ1) is 14.6. The Labute approximate surface area is 136 Å². The van der Waals surface area contributed by atoms with Crippen molar-refractivity contribution in [2.45, 2.75) is 13.0 Å². The molecule has 0 spiro atoms. The molecule has 2 N–H and O–H groups in total. The lowest BCUT2D eigenvalue weighted by molar-refractivity contribution is 0.102. The Morgan fingerprint density at radius 1 is 1.29 bits per heavy atom. The highest BCUT2D eigenvalue weighted by Gasteiger charge is 2.16. The van der Waals surface area contributed by atoms with Crippen molar-refractivity contribution in [1.29, 1.82) is 0 Å². The molecule has 2 aromatic rings. The highest BCUT2D eigenvalue weighted by Crippen LogP contribution is 2.26. The van der Waals surface area contributed by atoms with Crippen molar-refractivity contribution in [3.05, 3.63) is 62.6 Å². The molecule has 108 valence electrons. The monoisotopic (exact) mass is 364 g/mol. The van der Waals surface area contributed by atoms with E-state index in [-0.39, 0.29) is 5.91 Å². The minimum Gasteiger partial charge on any atom is -0.322 e. The van der Waals surface area contributed by atoms with Crippen LogP contribution in [0.25, 0.3) is 0 Å². The second kappa shape index (κ2) is 6.18. The number of carbonyl (C=O) groups is 1. The molecule has 5 heteroatoms. The number of benzene rings is 2. The Hall–Kier alpha value is -1.36. The summed E-state index contributed by atoms with van der Waals surface area (Å²) < 4.78 is 0.732. The first-order valence-corrected chi connectivity index (χ1v) is 7.90. The largest absolute Gasteiger partial charge is 0.322 e. The van der Waals surface area contributed by atoms with E-state index in [0.717, 1.165) is 29.7 Å². The second-order valence-electron chi connectivity index (χ2n) is 4.95. The highest BCUT2D eigenvalue weighted by molar-refractivity contribution is 9.10. The van der Waals surface area contributed by atoms with Gasteiger partial charge in [-0.3, -0.25) is 4.79 Å². The van der Waals surface area contributed by atoms with E-state index in [2.05, 4.69) is 32.6 Å². The number of carbonyl (C=O) groups excluding carboxylic acids is 1. The van der Waals surface area contributed by atoms with Crippen LogP contribution in [0.5, 0.6) is 0 Å². The molecule has 0 bridgehead atoms. The van der Waals surface area contributed by atoms with Crippen LogP contribution in [-0.2, 0) is 13.0 Å². The number of fused-ring (bicyclic) bond motifs is 1. The number of anilines is 1. The van der Waals surface area contributed by atoms with E-state index < -0.39 is 0 Å². The molecule has 0 atom stereocenters. The van der Waals surface area contributed by atoms with Crippen molar-refractivity contribution >= 4 is 39.1 Å². The molecule has 21 heavy (non-hydrogen) atoms. The number of hydrogen-bond donors (Lipinski definition) is 2. The lowest BCUT2D eigenvalue weighted by Gasteiger charge is -2.20. The molecular formula is C16H14BrClN2O. The van der Waals surface area contributed by atoms with E-state index in [4.69, 9.17) is 11.6 Å². The van der Waals surface area contributed by atoms with Gasteiger partial charge in [0.05, 0.1) is 5.56 Å². The minimum atomic E-state index is -0.156. The lowest BCUT2D eigenvalue weighted by atomic mass is 9.99. The van der Waals surface area contributed by atoms with Gasteiger partial charge in [0.1, 0.15) is 0 Å². The van der Waals surface area contributed by atoms with Crippen molar-refractivity contribution in [1.82, 2.24) is 5.32 Å². The molecule has 1 aliphatic rings. The number of amides is 1. The fourth-order valence-corrected chi connectivity index (χ4v) is 3.11. The predicted molar refractivity (Wildman–Crippen MR) is 89.0 cm³/mol. The zero-order chi connectivity index (χ0) is 14.8. The summed E-state index contributed by atoms with van der Waals surface area (Å²) in [6.07, 6.45) is 0.919. The van der Waals surface area contributed by atoms with Gasteiger partial charge in [0.15, 0.2) is 0 Å². The molecule has 2 aromatic carbocycles. The molecular weight excluding hydrogens is 352 g/mol. The van der Waals surface area contributed by atoms with E-state index in [0.29, 0.717) is 10.6 Å². The minimum absolute atomic E-state index is 0.156. The number of halogens is 2. The highest BCUT2D eigenvalue weighted by atomic mass is 79.9. The Morgan fingerprint density at radius 3 is 3.00 bits per heavy atom. The van der Waals surface area contributed by atoms with Gasteiger partial charge in [-0.05, 0) is 64.3 Å². The first-order chi connectivity index (χ1) is 10.1. The third kappa shape index (κ3) is 3.12. The van der Waals surface area contributed by atoms with Crippen molar-refractivity contribution in [3.63, 3.8) is 0 Å². The maximum atomic E-state index is 12.5. The lowest BCUT2D eigenvalue weighted by Crippen LogP contribution is -2.25. The molecule has 0 radical (unpaired) electrons. The fourth-order valence-electron chi connectivity index (χ4n) is 2.51. The normalized spacial score (nSPS) is 13.6. The number of hydrogen-bond acceptors (Lipinski definition) is 2. The molecule has 1 amide bonds. The molecule has 0 aromatic heterocycles. The van der Waals surface area contributed by atoms with Crippen LogP contribution in [0.15, 0.2) is 40.9 Å². The third-order valence-electron chi connectivity index (χ3n) is 3.56. The van der Waals surface area contributed by atoms with Gasteiger partial charge >= 0.3 is 0 Å². The molecule has 0 saturated carbocycles. The predicted octanol–water partition coefficient (Wildman–Crippen LogP) is 4.00. The van der Waals surface area contributed by atoms with Crippen LogP contribution in [0.2, 0.25) is 5.02 Å². The van der Waals surface area contributed by atoms with Gasteiger partial charge < -0.3 is 10.6 Å². The Balaban J connectivity index is 1.90. The van der Waals surface area contributed by atoms with Gasteiger partial charge in [-0.15, -0.1) is 0 Å². The molecule has 3 rings (SSSR count). The second-order valence-corrected chi connectivity index (χ2v) is 6.24. The summed E-state index contributed by atoms with van der Waals surface area (Å²) in [6, 6.07) is 11.2. The average Bonchev–Trinajstić information content (AvgIpc) is 2.50. The van der Waals surface area contributed by atoms with E-state index in [1.807, 2.05) is 12.1 Å². The topological polar surface area (TPSA) is 41.1 Å². The zero-order valence-corrected chi connectivity index (χ0v) is 13.6. The molecule has 3 nitrogen and oxygen atoms in total. The fraction of sp³-hybridized carbons (Fsp3) is 0.188. The number of nitrogens with one attached hydrogen (secondary N) is 2. The van der Waals surface area contributed by atoms with Crippen LogP contribution in [0.4, 0.5) is 5.69 Å². The van der Waals surface area contributed by atoms with Crippen LogP contribution >= 0.6 is 27.5 Å². The molecule has 0 unspecified atom stereocenters. The summed E-state index contributed by atoms with van der Waals surface area (Å²) in [5.41, 5.74) is 3.87. The number of rotatable bonds is 2. The summed E-state index contributed by atoms with van der Waals surface area (Å²) in [7, 11) is 0. The molecule has 0 saturated heterocycles. The standard InChI is InChI=1S/C16H14BrClN2O/c17-14-5-4-11(18)8-13(14)16(21)20-15-3-1-2-10-9-19-7-6-12(10)15/h1-5,8,19H,6-7,9H2,(H,20,21). The smallest absolute Gasteiger partial charge is 0.256 e. The van der Waals surface area contributed by atoms with Crippen molar-refractivity contribution in [3.8, 4) is 0 Å². The van der Waals surface area contributed by atoms with Gasteiger partial charge in [-0.1, -0.05) is 23.7 Å². The van der Waals surface area contributed by atoms with Gasteiger partial charge in [-0.2, -0.15) is 0 Å². The van der Waals surface area contributed by atoms with Crippen LogP contribution in [0.1, 0.15) is 21.5 Å². The quantitative estimate of drug-likeness (QED) is 0.844. The van der Waals surface area contributed by atoms with Crippen LogP contribution in [-0.4, -0.2) is 12.5 Å². The maximum Gasteiger partial charge on any atom is 0.256 e. The van der Waals surface area contributed by atoms with Crippen molar-refractivity contribution in [2.24, 2.45) is 0 Å². The Bertz CT molecular complexity index is 703. The van der Waals surface area contributed by atoms with Crippen molar-refractivity contribution < 1.29 is 4.79 Å². The van der Waals surface area contributed by atoms with Gasteiger partial charge in [0.25, 0.3) is 5.91 Å². The van der Waals surface area contributed by atoms with E-state index >= 15 is 0 Å². The summed E-state index contributed by atoms with van der Waals surface area (Å²) in [4.78, 5) is 12.5. The van der Waals surface area contributed by atoms with Crippen LogP contribution in [0.3, 0.4) is 0 Å². The van der Waals surface area contributed by atoms with Crippen LogP contribution in [0, 0.1) is 0 Å². The summed E-state index contributed by atoms with van der Waals surface area (Å²) in [5.74, 6) is -0.156. The first-order valence-electron chi connectivity index (χ1n) is 6.73. The van der Waals surface area contributed by atoms with E-state index in [1.165, 1.54) is 11.1 Å². The van der Waals surface area contributed by atoms with Crippen molar-refractivity contribution in [2.75, 3.05) is 11.9 Å². The van der Waals surface area contributed by atoms with Gasteiger partial charge in [-0.25, -0.2) is 0 Å². The molecule has 0 aliphatic carbocycles. The maximum absolute atomic E-state index is 12.5. The Morgan fingerprint density at radius 2 is 2.14 bits per heavy atom. The van der Waals surface area contributed by atoms with Crippen LogP contribution < -0.4 is 10.6 Å². The van der Waals surface area contributed by atoms with E-state index in [9.17, 15) is 4.79 Å². The SMILES string of the molecule is O=C(Nc1cccc2c1CCNC2)c1cc(Cl)ccc1Br. The van der Waals surface area contributed by atoms with Gasteiger partial charge in [0.2, 0.25) is 0 Å². The summed E-state index contributed by atoms with van der Waals surface area (Å²) in [6.45, 7) is 1.78. The van der Waals surface area contributed by atoms with Gasteiger partial charge in [0, 0.05) is 21.7 Å². The Kier molecular flexibility index (Phi) is 4.29. The molecule has 1 heterocycles.